The van der Waals surface area contributed by atoms with Crippen LogP contribution in [0.15, 0.2) is 55.1 Å². The first-order chi connectivity index (χ1) is 16.4. The highest BCUT2D eigenvalue weighted by atomic mass is 35.5. The highest BCUT2D eigenvalue weighted by molar-refractivity contribution is 6.32. The number of methoxy groups -OCH3 is 1. The number of ether oxygens (including phenoxy) is 3. The number of halogens is 1. The third-order valence-electron chi connectivity index (χ3n) is 6.17. The van der Waals surface area contributed by atoms with Gasteiger partial charge in [0.15, 0.2) is 11.5 Å². The van der Waals surface area contributed by atoms with Gasteiger partial charge in [0.1, 0.15) is 24.6 Å². The number of likely N-dealkylation sites (tertiary alicyclic amines) is 1. The SMILES string of the molecule is COc1cc(CN2CCC(O)(COc3cc(C)ccc3Cl)CC2)ccc1OCCn1ccnc1. The molecule has 0 bridgehead atoms. The average Bonchev–Trinajstić information content (AvgIpc) is 3.36. The number of benzene rings is 2. The lowest BCUT2D eigenvalue weighted by atomic mass is 9.92. The van der Waals surface area contributed by atoms with E-state index in [4.69, 9.17) is 25.8 Å². The van der Waals surface area contributed by atoms with Gasteiger partial charge in [-0.2, -0.15) is 0 Å². The van der Waals surface area contributed by atoms with Crippen LogP contribution < -0.4 is 14.2 Å². The number of hydrogen-bond acceptors (Lipinski definition) is 6. The molecule has 34 heavy (non-hydrogen) atoms. The quantitative estimate of drug-likeness (QED) is 0.460. The lowest BCUT2D eigenvalue weighted by Gasteiger charge is -2.38. The van der Waals surface area contributed by atoms with Crippen molar-refractivity contribution in [3.8, 4) is 17.2 Å². The third-order valence-corrected chi connectivity index (χ3v) is 6.48. The highest BCUT2D eigenvalue weighted by Crippen LogP contribution is 2.31. The molecule has 0 radical (unpaired) electrons. The Hall–Kier alpha value is -2.74. The van der Waals surface area contributed by atoms with Gasteiger partial charge in [0.2, 0.25) is 0 Å². The van der Waals surface area contributed by atoms with Crippen LogP contribution >= 0.6 is 11.6 Å². The molecule has 1 N–H and O–H groups in total. The van der Waals surface area contributed by atoms with Crippen molar-refractivity contribution >= 4 is 11.6 Å². The summed E-state index contributed by atoms with van der Waals surface area (Å²) in [7, 11) is 1.66. The Labute approximate surface area is 205 Å². The number of aromatic nitrogens is 2. The molecule has 1 fully saturated rings. The summed E-state index contributed by atoms with van der Waals surface area (Å²) in [5, 5.41) is 11.6. The van der Waals surface area contributed by atoms with Crippen molar-refractivity contribution in [2.24, 2.45) is 0 Å². The molecule has 3 aromatic rings. The van der Waals surface area contributed by atoms with Crippen LogP contribution in [-0.4, -0.2) is 58.6 Å². The van der Waals surface area contributed by atoms with Gasteiger partial charge in [0, 0.05) is 32.0 Å². The molecule has 0 unspecified atom stereocenters. The fourth-order valence-electron chi connectivity index (χ4n) is 4.07. The molecule has 0 atom stereocenters. The largest absolute Gasteiger partial charge is 0.493 e. The molecule has 0 spiro atoms. The summed E-state index contributed by atoms with van der Waals surface area (Å²) in [6.07, 6.45) is 6.72. The summed E-state index contributed by atoms with van der Waals surface area (Å²) in [5.41, 5.74) is 1.37. The van der Waals surface area contributed by atoms with Gasteiger partial charge >= 0.3 is 0 Å². The summed E-state index contributed by atoms with van der Waals surface area (Å²) < 4.78 is 19.3. The van der Waals surface area contributed by atoms with E-state index in [1.165, 1.54) is 0 Å². The Bertz CT molecular complexity index is 1070. The summed E-state index contributed by atoms with van der Waals surface area (Å²) in [6.45, 7) is 5.84. The molecule has 1 aliphatic rings. The lowest BCUT2D eigenvalue weighted by molar-refractivity contribution is -0.0537. The number of aliphatic hydroxyl groups is 1. The molecule has 0 saturated carbocycles. The minimum absolute atomic E-state index is 0.239. The van der Waals surface area contributed by atoms with Gasteiger partial charge in [0.25, 0.3) is 0 Å². The summed E-state index contributed by atoms with van der Waals surface area (Å²) in [6, 6.07) is 11.7. The van der Waals surface area contributed by atoms with Gasteiger partial charge < -0.3 is 23.9 Å². The second-order valence-corrected chi connectivity index (χ2v) is 9.26. The van der Waals surface area contributed by atoms with Crippen molar-refractivity contribution < 1.29 is 19.3 Å². The zero-order valence-electron chi connectivity index (χ0n) is 19.7. The number of aryl methyl sites for hydroxylation is 1. The Morgan fingerprint density at radius 3 is 2.62 bits per heavy atom. The standard InChI is InChI=1S/C26H32ClN3O4/c1-20-3-5-22(27)24(15-20)34-18-26(31)7-10-29(11-8-26)17-21-4-6-23(25(16-21)32-2)33-14-13-30-12-9-28-19-30/h3-6,9,12,15-16,19,31H,7-8,10-11,13-14,17-18H2,1-2H3. The minimum Gasteiger partial charge on any atom is -0.493 e. The number of piperidine rings is 1. The van der Waals surface area contributed by atoms with E-state index >= 15 is 0 Å². The number of nitrogens with zero attached hydrogens (tertiary/aromatic N) is 3. The fourth-order valence-corrected chi connectivity index (χ4v) is 4.24. The van der Waals surface area contributed by atoms with Crippen LogP contribution in [0.25, 0.3) is 0 Å². The molecular formula is C26H32ClN3O4. The molecule has 0 amide bonds. The molecular weight excluding hydrogens is 454 g/mol. The van der Waals surface area contributed by atoms with Crippen molar-refractivity contribution in [1.82, 2.24) is 14.5 Å². The molecule has 2 heterocycles. The van der Waals surface area contributed by atoms with Crippen molar-refractivity contribution in [2.75, 3.05) is 33.4 Å². The van der Waals surface area contributed by atoms with E-state index in [1.807, 2.05) is 48.0 Å². The van der Waals surface area contributed by atoms with Gasteiger partial charge in [-0.1, -0.05) is 23.7 Å². The Morgan fingerprint density at radius 1 is 1.06 bits per heavy atom. The fraction of sp³-hybridized carbons (Fsp3) is 0.423. The van der Waals surface area contributed by atoms with Gasteiger partial charge in [-0.05, 0) is 55.2 Å². The number of rotatable bonds is 10. The van der Waals surface area contributed by atoms with E-state index in [2.05, 4.69) is 16.0 Å². The zero-order valence-corrected chi connectivity index (χ0v) is 20.5. The topological polar surface area (TPSA) is 69.0 Å². The first-order valence-electron chi connectivity index (χ1n) is 11.5. The van der Waals surface area contributed by atoms with E-state index in [0.29, 0.717) is 30.2 Å². The van der Waals surface area contributed by atoms with Crippen LogP contribution in [0.1, 0.15) is 24.0 Å². The van der Waals surface area contributed by atoms with E-state index < -0.39 is 5.60 Å². The zero-order chi connectivity index (χ0) is 24.0. The Kier molecular flexibility index (Phi) is 7.98. The molecule has 1 aliphatic heterocycles. The predicted molar refractivity (Wildman–Crippen MR) is 132 cm³/mol. The summed E-state index contributed by atoms with van der Waals surface area (Å²) >= 11 is 6.22. The average molecular weight is 486 g/mol. The Balaban J connectivity index is 1.27. The van der Waals surface area contributed by atoms with E-state index in [0.717, 1.165) is 48.8 Å². The van der Waals surface area contributed by atoms with Crippen LogP contribution in [0.3, 0.4) is 0 Å². The second-order valence-electron chi connectivity index (χ2n) is 8.86. The van der Waals surface area contributed by atoms with E-state index in [-0.39, 0.29) is 6.61 Å². The molecule has 182 valence electrons. The van der Waals surface area contributed by atoms with Gasteiger partial charge in [-0.3, -0.25) is 4.90 Å². The molecule has 0 aliphatic carbocycles. The maximum atomic E-state index is 11.0. The van der Waals surface area contributed by atoms with Crippen LogP contribution in [-0.2, 0) is 13.1 Å². The normalized spacial score (nSPS) is 15.8. The predicted octanol–water partition coefficient (Wildman–Crippen LogP) is 4.34. The molecule has 1 saturated heterocycles. The monoisotopic (exact) mass is 485 g/mol. The van der Waals surface area contributed by atoms with Crippen molar-refractivity contribution in [3.05, 3.63) is 71.3 Å². The van der Waals surface area contributed by atoms with Gasteiger partial charge in [0.05, 0.1) is 25.0 Å². The van der Waals surface area contributed by atoms with E-state index in [1.54, 1.807) is 19.6 Å². The maximum Gasteiger partial charge on any atom is 0.161 e. The molecule has 8 heteroatoms. The first kappa shape index (κ1) is 24.4. The van der Waals surface area contributed by atoms with Crippen molar-refractivity contribution in [3.63, 3.8) is 0 Å². The van der Waals surface area contributed by atoms with Crippen LogP contribution in [0.5, 0.6) is 17.2 Å². The smallest absolute Gasteiger partial charge is 0.161 e. The van der Waals surface area contributed by atoms with Gasteiger partial charge in [-0.15, -0.1) is 0 Å². The highest BCUT2D eigenvalue weighted by Gasteiger charge is 2.33. The summed E-state index contributed by atoms with van der Waals surface area (Å²) in [4.78, 5) is 6.37. The molecule has 4 rings (SSSR count). The van der Waals surface area contributed by atoms with Gasteiger partial charge in [-0.25, -0.2) is 4.98 Å². The number of imidazole rings is 1. The lowest BCUT2D eigenvalue weighted by Crippen LogP contribution is -2.47. The van der Waals surface area contributed by atoms with E-state index in [9.17, 15) is 5.11 Å². The molecule has 1 aromatic heterocycles. The van der Waals surface area contributed by atoms with Crippen LogP contribution in [0, 0.1) is 6.92 Å². The van der Waals surface area contributed by atoms with Crippen LogP contribution in [0.2, 0.25) is 5.02 Å². The number of hydrogen-bond donors (Lipinski definition) is 1. The second kappa shape index (κ2) is 11.1. The molecule has 7 nitrogen and oxygen atoms in total. The summed E-state index contributed by atoms with van der Waals surface area (Å²) in [5.74, 6) is 2.07. The molecule has 2 aromatic carbocycles. The van der Waals surface area contributed by atoms with Crippen molar-refractivity contribution in [1.29, 1.82) is 0 Å². The minimum atomic E-state index is -0.853. The first-order valence-corrected chi connectivity index (χ1v) is 11.9. The third kappa shape index (κ3) is 6.44. The van der Waals surface area contributed by atoms with Crippen molar-refractivity contribution in [2.45, 2.75) is 38.5 Å². The maximum absolute atomic E-state index is 11.0. The van der Waals surface area contributed by atoms with Crippen LogP contribution in [0.4, 0.5) is 0 Å². The Morgan fingerprint density at radius 2 is 1.88 bits per heavy atom.